The maximum Gasteiger partial charge on any atom is 0.387 e. The summed E-state index contributed by atoms with van der Waals surface area (Å²) in [6.07, 6.45) is 0.920. The Hall–Kier alpha value is -2.54. The zero-order chi connectivity index (χ0) is 17.9. The first kappa shape index (κ1) is 17.8. The molecule has 0 amide bonds. The van der Waals surface area contributed by atoms with Crippen LogP contribution in [0.2, 0.25) is 0 Å². The van der Waals surface area contributed by atoms with Crippen LogP contribution in [-0.4, -0.2) is 23.6 Å². The number of hydrazone groups is 1. The molecule has 128 valence electrons. The van der Waals surface area contributed by atoms with Crippen molar-refractivity contribution in [3.63, 3.8) is 0 Å². The van der Waals surface area contributed by atoms with E-state index in [1.807, 2.05) is 0 Å². The van der Waals surface area contributed by atoms with Crippen molar-refractivity contribution in [3.8, 4) is 5.75 Å². The molecule has 0 aromatic heterocycles. The molecular formula is C17H19F2N3O2. The van der Waals surface area contributed by atoms with Crippen molar-refractivity contribution in [1.29, 1.82) is 5.41 Å². The summed E-state index contributed by atoms with van der Waals surface area (Å²) < 4.78 is 29.0. The molecule has 2 rings (SSSR count). The van der Waals surface area contributed by atoms with Gasteiger partial charge in [0.05, 0.1) is 0 Å². The normalized spacial score (nSPS) is 14.9. The second kappa shape index (κ2) is 6.92. The molecular weight excluding hydrogens is 316 g/mol. The average molecular weight is 335 g/mol. The molecule has 0 aliphatic carbocycles. The molecule has 0 aliphatic rings. The Morgan fingerprint density at radius 1 is 1.25 bits per heavy atom. The molecule has 1 atom stereocenters. The minimum atomic E-state index is -2.89. The molecule has 7 heteroatoms. The maximum atomic E-state index is 12.3. The van der Waals surface area contributed by atoms with Gasteiger partial charge in [-0.25, -0.2) is 0 Å². The molecule has 5 nitrogen and oxygen atoms in total. The zero-order valence-corrected chi connectivity index (χ0v) is 13.3. The fourth-order valence-electron chi connectivity index (χ4n) is 2.66. The van der Waals surface area contributed by atoms with Crippen LogP contribution in [0, 0.1) is 11.3 Å². The van der Waals surface area contributed by atoms with Gasteiger partial charge in [0.25, 0.3) is 0 Å². The van der Waals surface area contributed by atoms with E-state index in [0.717, 1.165) is 11.6 Å². The van der Waals surface area contributed by atoms with Crippen molar-refractivity contribution in [2.45, 2.75) is 26.1 Å². The predicted octanol–water partition coefficient (Wildman–Crippen LogP) is 3.25. The first-order valence-electron chi connectivity index (χ1n) is 7.33. The maximum absolute atomic E-state index is 12.3. The Morgan fingerprint density at radius 3 is 2.42 bits per heavy atom. The van der Waals surface area contributed by atoms with Crippen LogP contribution in [0.3, 0.4) is 0 Å². The van der Waals surface area contributed by atoms with Gasteiger partial charge in [-0.3, -0.25) is 0 Å². The summed E-state index contributed by atoms with van der Waals surface area (Å²) >= 11 is 0. The number of rotatable bonds is 6. The Bertz CT molecular complexity index is 778. The molecule has 0 spiro atoms. The third kappa shape index (κ3) is 3.21. The van der Waals surface area contributed by atoms with Crippen LogP contribution in [0.4, 0.5) is 8.78 Å². The summed E-state index contributed by atoms with van der Waals surface area (Å²) in [5.41, 5.74) is -0.974. The van der Waals surface area contributed by atoms with Crippen LogP contribution in [-0.2, 0) is 5.60 Å². The van der Waals surface area contributed by atoms with Gasteiger partial charge in [-0.1, -0.05) is 32.0 Å². The summed E-state index contributed by atoms with van der Waals surface area (Å²) in [6.45, 7) is 0.695. The summed E-state index contributed by atoms with van der Waals surface area (Å²) in [4.78, 5) is 0. The van der Waals surface area contributed by atoms with E-state index in [0.29, 0.717) is 10.9 Å². The zero-order valence-electron chi connectivity index (χ0n) is 13.3. The fourth-order valence-corrected chi connectivity index (χ4v) is 2.66. The Balaban J connectivity index is 2.54. The number of fused-ring (bicyclic) bond motifs is 1. The Kier molecular flexibility index (Phi) is 5.14. The van der Waals surface area contributed by atoms with Crippen molar-refractivity contribution in [2.75, 3.05) is 0 Å². The Morgan fingerprint density at radius 2 is 1.88 bits per heavy atom. The van der Waals surface area contributed by atoms with Crippen molar-refractivity contribution >= 4 is 22.7 Å². The SMILES string of the molecule is CC(C)C(O)(/C(C=N)=N/N)c1ccc2cc(OC(F)F)ccc2c1. The molecule has 1 unspecified atom stereocenters. The minimum Gasteiger partial charge on any atom is -0.435 e. The topological polar surface area (TPSA) is 91.7 Å². The molecule has 0 saturated carbocycles. The van der Waals surface area contributed by atoms with E-state index in [9.17, 15) is 13.9 Å². The van der Waals surface area contributed by atoms with E-state index < -0.39 is 12.2 Å². The van der Waals surface area contributed by atoms with E-state index in [2.05, 4.69) is 9.84 Å². The monoisotopic (exact) mass is 335 g/mol. The molecule has 0 saturated heterocycles. The van der Waals surface area contributed by atoms with Gasteiger partial charge in [-0.05, 0) is 40.5 Å². The van der Waals surface area contributed by atoms with Crippen LogP contribution in [0.15, 0.2) is 41.5 Å². The molecule has 0 radical (unpaired) electrons. The van der Waals surface area contributed by atoms with Gasteiger partial charge in [-0.15, -0.1) is 0 Å². The van der Waals surface area contributed by atoms with E-state index in [4.69, 9.17) is 11.3 Å². The summed E-state index contributed by atoms with van der Waals surface area (Å²) in [5.74, 6) is 5.08. The number of nitrogens with zero attached hydrogens (tertiary/aromatic N) is 1. The quantitative estimate of drug-likeness (QED) is 0.430. The number of hydrogen-bond donors (Lipinski definition) is 3. The number of halogens is 2. The highest BCUT2D eigenvalue weighted by molar-refractivity contribution is 6.33. The minimum absolute atomic E-state index is 0.0366. The lowest BCUT2D eigenvalue weighted by Gasteiger charge is -2.32. The molecule has 0 fully saturated rings. The third-order valence-electron chi connectivity index (χ3n) is 3.98. The van der Waals surface area contributed by atoms with Crippen LogP contribution in [0.5, 0.6) is 5.75 Å². The second-order valence-corrected chi connectivity index (χ2v) is 5.68. The van der Waals surface area contributed by atoms with Gasteiger partial charge in [-0.2, -0.15) is 13.9 Å². The highest BCUT2D eigenvalue weighted by Crippen LogP contribution is 2.33. The van der Waals surface area contributed by atoms with Crippen molar-refractivity contribution in [1.82, 2.24) is 0 Å². The summed E-state index contributed by atoms with van der Waals surface area (Å²) in [5, 5.41) is 23.4. The molecule has 2 aromatic carbocycles. The Labute approximate surface area is 138 Å². The van der Waals surface area contributed by atoms with Gasteiger partial charge in [0.2, 0.25) is 0 Å². The molecule has 0 aliphatic heterocycles. The molecule has 0 bridgehead atoms. The smallest absolute Gasteiger partial charge is 0.387 e. The third-order valence-corrected chi connectivity index (χ3v) is 3.98. The fraction of sp³-hybridized carbons (Fsp3) is 0.294. The van der Waals surface area contributed by atoms with Crippen molar-refractivity contribution in [3.05, 3.63) is 42.0 Å². The predicted molar refractivity (Wildman–Crippen MR) is 89.7 cm³/mol. The molecule has 0 heterocycles. The van der Waals surface area contributed by atoms with Crippen LogP contribution < -0.4 is 10.6 Å². The number of nitrogens with two attached hydrogens (primary N) is 1. The van der Waals surface area contributed by atoms with E-state index in [-0.39, 0.29) is 17.4 Å². The number of aliphatic hydroxyl groups is 1. The highest BCUT2D eigenvalue weighted by atomic mass is 19.3. The lowest BCUT2D eigenvalue weighted by Crippen LogP contribution is -2.42. The number of nitrogens with one attached hydrogen (secondary N) is 1. The van der Waals surface area contributed by atoms with Gasteiger partial charge in [0, 0.05) is 6.21 Å². The largest absolute Gasteiger partial charge is 0.435 e. The van der Waals surface area contributed by atoms with Gasteiger partial charge in [0.1, 0.15) is 17.1 Å². The van der Waals surface area contributed by atoms with Gasteiger partial charge in [0.15, 0.2) is 0 Å². The lowest BCUT2D eigenvalue weighted by molar-refractivity contribution is -0.0497. The van der Waals surface area contributed by atoms with E-state index in [1.165, 1.54) is 12.1 Å². The van der Waals surface area contributed by atoms with E-state index in [1.54, 1.807) is 38.1 Å². The number of hydrogen-bond acceptors (Lipinski definition) is 5. The first-order chi connectivity index (χ1) is 11.3. The van der Waals surface area contributed by atoms with Crippen molar-refractivity contribution in [2.24, 2.45) is 16.9 Å². The molecule has 24 heavy (non-hydrogen) atoms. The van der Waals surface area contributed by atoms with Crippen LogP contribution in [0.25, 0.3) is 10.8 Å². The average Bonchev–Trinajstić information content (AvgIpc) is 2.54. The molecule has 4 N–H and O–H groups in total. The van der Waals surface area contributed by atoms with Crippen LogP contribution in [0.1, 0.15) is 19.4 Å². The standard InChI is InChI=1S/C17H19F2N3O2/c1-10(2)17(23,15(9-20)22-21)13-5-3-12-8-14(24-16(18)19)6-4-11(12)7-13/h3-10,16,20,23H,21H2,1-2H3/b20-9?,22-15+. The van der Waals surface area contributed by atoms with Crippen molar-refractivity contribution < 1.29 is 18.6 Å². The summed E-state index contributed by atoms with van der Waals surface area (Å²) in [7, 11) is 0. The molecule has 2 aromatic rings. The first-order valence-corrected chi connectivity index (χ1v) is 7.33. The van der Waals surface area contributed by atoms with Gasteiger partial charge >= 0.3 is 6.61 Å². The summed E-state index contributed by atoms with van der Waals surface area (Å²) in [6, 6.07) is 9.62. The highest BCUT2D eigenvalue weighted by Gasteiger charge is 2.38. The van der Waals surface area contributed by atoms with E-state index >= 15 is 0 Å². The lowest BCUT2D eigenvalue weighted by atomic mass is 9.79. The number of ether oxygens (including phenoxy) is 1. The van der Waals surface area contributed by atoms with Crippen LogP contribution >= 0.6 is 0 Å². The number of benzene rings is 2. The number of alkyl halides is 2. The van der Waals surface area contributed by atoms with Gasteiger partial charge < -0.3 is 21.1 Å². The second-order valence-electron chi connectivity index (χ2n) is 5.68.